The van der Waals surface area contributed by atoms with Crippen LogP contribution in [0.15, 0.2) is 24.3 Å². The average Bonchev–Trinajstić information content (AvgIpc) is 2.82. The topological polar surface area (TPSA) is 0 Å². The van der Waals surface area contributed by atoms with E-state index in [0.717, 1.165) is 12.8 Å². The molecular weight excluding hydrogens is 248 g/mol. The summed E-state index contributed by atoms with van der Waals surface area (Å²) in [5.41, 5.74) is 6.11. The second-order valence-corrected chi connectivity index (χ2v) is 6.27. The fourth-order valence-electron chi connectivity index (χ4n) is 3.25. The molecule has 0 radical (unpaired) electrons. The van der Waals surface area contributed by atoms with Gasteiger partial charge in [-0.15, -0.1) is 11.3 Å². The van der Waals surface area contributed by atoms with Gasteiger partial charge in [0.15, 0.2) is 0 Å². The molecule has 0 amide bonds. The van der Waals surface area contributed by atoms with Gasteiger partial charge in [0.2, 0.25) is 0 Å². The van der Waals surface area contributed by atoms with Gasteiger partial charge in [-0.25, -0.2) is 0 Å². The van der Waals surface area contributed by atoms with E-state index in [9.17, 15) is 0 Å². The molecule has 19 heavy (non-hydrogen) atoms. The van der Waals surface area contributed by atoms with Crippen LogP contribution in [0.4, 0.5) is 0 Å². The molecule has 0 saturated heterocycles. The van der Waals surface area contributed by atoms with Crippen LogP contribution in [0, 0.1) is 13.8 Å². The molecule has 1 heterocycles. The minimum absolute atomic E-state index is 1.13. The summed E-state index contributed by atoms with van der Waals surface area (Å²) < 4.78 is 2.91. The molecule has 2 aromatic carbocycles. The van der Waals surface area contributed by atoms with Crippen molar-refractivity contribution in [2.45, 2.75) is 40.5 Å². The third-order valence-electron chi connectivity index (χ3n) is 4.32. The molecule has 0 fully saturated rings. The fourth-order valence-corrected chi connectivity index (χ4v) is 4.54. The molecule has 0 saturated carbocycles. The van der Waals surface area contributed by atoms with E-state index in [2.05, 4.69) is 52.0 Å². The van der Waals surface area contributed by atoms with E-state index in [-0.39, 0.29) is 0 Å². The maximum Gasteiger partial charge on any atom is 0.0390 e. The van der Waals surface area contributed by atoms with Gasteiger partial charge in [-0.3, -0.25) is 0 Å². The molecule has 3 rings (SSSR count). The van der Waals surface area contributed by atoms with Crippen LogP contribution in [-0.4, -0.2) is 0 Å². The van der Waals surface area contributed by atoms with Crippen LogP contribution in [-0.2, 0) is 12.8 Å². The highest BCUT2D eigenvalue weighted by Gasteiger charge is 2.16. The van der Waals surface area contributed by atoms with Gasteiger partial charge < -0.3 is 0 Å². The number of thiophene rings is 1. The molecule has 0 bridgehead atoms. The van der Waals surface area contributed by atoms with Crippen molar-refractivity contribution in [3.05, 3.63) is 46.5 Å². The first kappa shape index (κ1) is 12.7. The summed E-state index contributed by atoms with van der Waals surface area (Å²) in [6.45, 7) is 9.14. The lowest BCUT2D eigenvalue weighted by Gasteiger charge is -2.15. The Kier molecular flexibility index (Phi) is 3.10. The minimum Gasteiger partial charge on any atom is -0.135 e. The number of aryl methyl sites for hydroxylation is 2. The predicted molar refractivity (Wildman–Crippen MR) is 87.6 cm³/mol. The summed E-state index contributed by atoms with van der Waals surface area (Å²) in [4.78, 5) is 0. The van der Waals surface area contributed by atoms with Gasteiger partial charge in [0.05, 0.1) is 0 Å². The third kappa shape index (κ3) is 1.72. The molecule has 3 aromatic rings. The maximum atomic E-state index is 2.29. The maximum absolute atomic E-state index is 2.29. The van der Waals surface area contributed by atoms with Crippen molar-refractivity contribution < 1.29 is 0 Å². The molecular formula is C18H20S. The van der Waals surface area contributed by atoms with Crippen LogP contribution >= 0.6 is 11.3 Å². The van der Waals surface area contributed by atoms with Gasteiger partial charge in [-0.2, -0.15) is 0 Å². The highest BCUT2D eigenvalue weighted by molar-refractivity contribution is 7.26. The summed E-state index contributed by atoms with van der Waals surface area (Å²) in [7, 11) is 0. The highest BCUT2D eigenvalue weighted by atomic mass is 32.1. The Morgan fingerprint density at radius 1 is 0.895 bits per heavy atom. The normalized spacial score (nSPS) is 11.6. The minimum atomic E-state index is 1.13. The first-order valence-corrected chi connectivity index (χ1v) is 7.92. The van der Waals surface area contributed by atoms with E-state index in [1.54, 1.807) is 11.1 Å². The number of hydrogen-bond donors (Lipinski definition) is 0. The lowest BCUT2D eigenvalue weighted by molar-refractivity contribution is 1.03. The van der Waals surface area contributed by atoms with Gasteiger partial charge >= 0.3 is 0 Å². The van der Waals surface area contributed by atoms with Gasteiger partial charge in [0.1, 0.15) is 0 Å². The zero-order valence-electron chi connectivity index (χ0n) is 12.1. The van der Waals surface area contributed by atoms with E-state index in [1.807, 2.05) is 11.3 Å². The van der Waals surface area contributed by atoms with Crippen molar-refractivity contribution >= 4 is 31.5 Å². The third-order valence-corrected chi connectivity index (χ3v) is 5.61. The Labute approximate surface area is 119 Å². The molecule has 0 atom stereocenters. The second kappa shape index (κ2) is 4.64. The fraction of sp³-hybridized carbons (Fsp3) is 0.333. The Balaban J connectivity index is 2.60. The van der Waals surface area contributed by atoms with Gasteiger partial charge in [0, 0.05) is 20.2 Å². The lowest BCUT2D eigenvalue weighted by atomic mass is 9.90. The SMILES string of the molecule is CCc1c(C)c(C)c2sc3ccccc3c2c1CC. The van der Waals surface area contributed by atoms with Crippen LogP contribution in [0.5, 0.6) is 0 Å². The van der Waals surface area contributed by atoms with Crippen molar-refractivity contribution in [3.63, 3.8) is 0 Å². The van der Waals surface area contributed by atoms with Crippen molar-refractivity contribution in [2.75, 3.05) is 0 Å². The van der Waals surface area contributed by atoms with Crippen molar-refractivity contribution in [3.8, 4) is 0 Å². The number of benzene rings is 2. The Morgan fingerprint density at radius 3 is 2.26 bits per heavy atom. The predicted octanol–water partition coefficient (Wildman–Crippen LogP) is 5.80. The first-order valence-electron chi connectivity index (χ1n) is 7.11. The molecule has 0 aliphatic rings. The molecule has 0 aliphatic heterocycles. The van der Waals surface area contributed by atoms with Crippen LogP contribution in [0.3, 0.4) is 0 Å². The van der Waals surface area contributed by atoms with Crippen LogP contribution in [0.25, 0.3) is 20.2 Å². The van der Waals surface area contributed by atoms with Gasteiger partial charge in [-0.1, -0.05) is 32.0 Å². The van der Waals surface area contributed by atoms with Crippen molar-refractivity contribution in [1.29, 1.82) is 0 Å². The Bertz CT molecular complexity index is 762. The van der Waals surface area contributed by atoms with E-state index in [1.165, 1.54) is 31.3 Å². The highest BCUT2D eigenvalue weighted by Crippen LogP contribution is 2.41. The van der Waals surface area contributed by atoms with Crippen LogP contribution in [0.1, 0.15) is 36.1 Å². The van der Waals surface area contributed by atoms with Crippen LogP contribution in [0.2, 0.25) is 0 Å². The second-order valence-electron chi connectivity index (χ2n) is 5.22. The Hall–Kier alpha value is -1.34. The molecule has 1 aromatic heterocycles. The number of fused-ring (bicyclic) bond motifs is 3. The number of hydrogen-bond acceptors (Lipinski definition) is 1. The van der Waals surface area contributed by atoms with Gasteiger partial charge in [-0.05, 0) is 55.0 Å². The molecule has 0 nitrogen and oxygen atoms in total. The zero-order valence-corrected chi connectivity index (χ0v) is 12.9. The molecule has 0 spiro atoms. The number of rotatable bonds is 2. The van der Waals surface area contributed by atoms with Gasteiger partial charge in [0.25, 0.3) is 0 Å². The monoisotopic (exact) mass is 268 g/mol. The zero-order chi connectivity index (χ0) is 13.6. The quantitative estimate of drug-likeness (QED) is 0.551. The van der Waals surface area contributed by atoms with E-state index < -0.39 is 0 Å². The molecule has 0 N–H and O–H groups in total. The van der Waals surface area contributed by atoms with E-state index in [4.69, 9.17) is 0 Å². The van der Waals surface area contributed by atoms with Crippen molar-refractivity contribution in [1.82, 2.24) is 0 Å². The van der Waals surface area contributed by atoms with E-state index in [0.29, 0.717) is 0 Å². The van der Waals surface area contributed by atoms with Crippen molar-refractivity contribution in [2.24, 2.45) is 0 Å². The molecule has 98 valence electrons. The summed E-state index contributed by atoms with van der Waals surface area (Å²) in [6.07, 6.45) is 2.26. The molecule has 1 heteroatoms. The van der Waals surface area contributed by atoms with Crippen LogP contribution < -0.4 is 0 Å². The standard InChI is InChI=1S/C18H20S/c1-5-13-11(3)12(4)18-17(14(13)6-2)15-9-7-8-10-16(15)19-18/h7-10H,5-6H2,1-4H3. The summed E-state index contributed by atoms with van der Waals surface area (Å²) in [5, 5.41) is 2.96. The molecule has 0 aliphatic carbocycles. The summed E-state index contributed by atoms with van der Waals surface area (Å²) in [5.74, 6) is 0. The smallest absolute Gasteiger partial charge is 0.0390 e. The summed E-state index contributed by atoms with van der Waals surface area (Å²) >= 11 is 1.95. The molecule has 0 unspecified atom stereocenters. The Morgan fingerprint density at radius 2 is 1.58 bits per heavy atom. The first-order chi connectivity index (χ1) is 9.19. The lowest BCUT2D eigenvalue weighted by Crippen LogP contribution is -1.98. The summed E-state index contributed by atoms with van der Waals surface area (Å²) in [6, 6.07) is 8.84. The average molecular weight is 268 g/mol. The largest absolute Gasteiger partial charge is 0.135 e. The van der Waals surface area contributed by atoms with E-state index >= 15 is 0 Å².